The van der Waals surface area contributed by atoms with Crippen LogP contribution in [0.25, 0.3) is 10.9 Å². The number of rotatable bonds is 5. The molecule has 24 heavy (non-hydrogen) atoms. The van der Waals surface area contributed by atoms with E-state index in [9.17, 15) is 14.0 Å². The first-order chi connectivity index (χ1) is 11.4. The topological polar surface area (TPSA) is 70.5 Å². The molecule has 1 atom stereocenters. The van der Waals surface area contributed by atoms with Gasteiger partial charge in [0.2, 0.25) is 0 Å². The van der Waals surface area contributed by atoms with Gasteiger partial charge >= 0.3 is 5.97 Å². The quantitative estimate of drug-likeness (QED) is 0.915. The third-order valence-electron chi connectivity index (χ3n) is 4.34. The molecule has 1 heterocycles. The molecule has 1 fully saturated rings. The number of carbonyl (C=O) groups is 2. The van der Waals surface area contributed by atoms with Crippen LogP contribution in [0.1, 0.15) is 35.8 Å². The van der Waals surface area contributed by atoms with Crippen LogP contribution in [0.5, 0.6) is 0 Å². The van der Waals surface area contributed by atoms with Crippen LogP contribution in [0.2, 0.25) is 0 Å². The van der Waals surface area contributed by atoms with Gasteiger partial charge in [-0.1, -0.05) is 6.92 Å². The summed E-state index contributed by atoms with van der Waals surface area (Å²) in [5.74, 6) is -2.13. The van der Waals surface area contributed by atoms with E-state index in [0.717, 1.165) is 12.8 Å². The van der Waals surface area contributed by atoms with Gasteiger partial charge in [0.05, 0.1) is 22.7 Å². The number of benzene rings is 1. The van der Waals surface area contributed by atoms with Crippen LogP contribution < -0.4 is 0 Å². The Morgan fingerprint density at radius 1 is 1.38 bits per heavy atom. The second-order valence-corrected chi connectivity index (χ2v) is 6.39. The highest BCUT2D eigenvalue weighted by Gasteiger charge is 2.35. The monoisotopic (exact) mass is 330 g/mol. The highest BCUT2D eigenvalue weighted by atomic mass is 19.1. The summed E-state index contributed by atoms with van der Waals surface area (Å²) >= 11 is 0. The van der Waals surface area contributed by atoms with Crippen LogP contribution >= 0.6 is 0 Å². The summed E-state index contributed by atoms with van der Waals surface area (Å²) in [4.78, 5) is 30.0. The number of aliphatic carboxylic acids is 1. The number of hydrogen-bond donors (Lipinski definition) is 1. The van der Waals surface area contributed by atoms with Gasteiger partial charge in [0.25, 0.3) is 5.91 Å². The van der Waals surface area contributed by atoms with Gasteiger partial charge in [-0.25, -0.2) is 4.39 Å². The van der Waals surface area contributed by atoms with E-state index in [4.69, 9.17) is 5.11 Å². The van der Waals surface area contributed by atoms with Crippen LogP contribution in [-0.2, 0) is 4.79 Å². The minimum absolute atomic E-state index is 0.0996. The van der Waals surface area contributed by atoms with Crippen molar-refractivity contribution in [3.05, 3.63) is 41.3 Å². The molecule has 1 N–H and O–H groups in total. The fourth-order valence-electron chi connectivity index (χ4n) is 2.76. The van der Waals surface area contributed by atoms with E-state index in [1.165, 1.54) is 12.1 Å². The van der Waals surface area contributed by atoms with Gasteiger partial charge in [0.1, 0.15) is 5.82 Å². The van der Waals surface area contributed by atoms with Gasteiger partial charge in [-0.05, 0) is 38.0 Å². The lowest BCUT2D eigenvalue weighted by atomic mass is 10.1. The molecule has 1 saturated carbocycles. The Morgan fingerprint density at radius 2 is 2.08 bits per heavy atom. The molecule has 1 aromatic carbocycles. The molecule has 126 valence electrons. The first-order valence-corrected chi connectivity index (χ1v) is 7.97. The van der Waals surface area contributed by atoms with Crippen LogP contribution in [0, 0.1) is 18.7 Å². The van der Waals surface area contributed by atoms with Crippen LogP contribution in [0.15, 0.2) is 24.3 Å². The molecule has 0 bridgehead atoms. The van der Waals surface area contributed by atoms with Crippen molar-refractivity contribution in [2.45, 2.75) is 32.7 Å². The number of amides is 1. The molecule has 1 aliphatic carbocycles. The minimum Gasteiger partial charge on any atom is -0.481 e. The Bertz CT molecular complexity index is 817. The Morgan fingerprint density at radius 3 is 2.71 bits per heavy atom. The smallest absolute Gasteiger partial charge is 0.308 e. The number of carboxylic acid groups (broad SMARTS) is 1. The van der Waals surface area contributed by atoms with E-state index in [2.05, 4.69) is 4.98 Å². The number of hydrogen-bond acceptors (Lipinski definition) is 3. The number of pyridine rings is 1. The van der Waals surface area contributed by atoms with Gasteiger partial charge in [-0.3, -0.25) is 14.6 Å². The normalized spacial score (nSPS) is 15.3. The van der Waals surface area contributed by atoms with Gasteiger partial charge in [-0.2, -0.15) is 0 Å². The van der Waals surface area contributed by atoms with Crippen molar-refractivity contribution in [3.63, 3.8) is 0 Å². The molecule has 0 aliphatic heterocycles. The van der Waals surface area contributed by atoms with E-state index in [1.54, 1.807) is 30.9 Å². The second kappa shape index (κ2) is 6.19. The Kier molecular flexibility index (Phi) is 4.22. The average molecular weight is 330 g/mol. The lowest BCUT2D eigenvalue weighted by Crippen LogP contribution is -2.39. The van der Waals surface area contributed by atoms with Crippen molar-refractivity contribution in [1.82, 2.24) is 9.88 Å². The molecule has 2 aromatic rings. The number of carbonyl (C=O) groups excluding carboxylic acids is 1. The number of aromatic nitrogens is 1. The molecule has 1 aliphatic rings. The van der Waals surface area contributed by atoms with Gasteiger partial charge in [0, 0.05) is 24.0 Å². The molecule has 1 aromatic heterocycles. The first-order valence-electron chi connectivity index (χ1n) is 7.97. The maximum absolute atomic E-state index is 13.3. The first kappa shape index (κ1) is 16.4. The molecule has 6 heteroatoms. The minimum atomic E-state index is -0.919. The molecule has 0 spiro atoms. The van der Waals surface area contributed by atoms with E-state index in [1.807, 2.05) is 0 Å². The maximum Gasteiger partial charge on any atom is 0.308 e. The maximum atomic E-state index is 13.3. The number of aryl methyl sites for hydroxylation is 1. The van der Waals surface area contributed by atoms with E-state index in [-0.39, 0.29) is 24.3 Å². The molecular weight excluding hydrogens is 311 g/mol. The molecule has 0 saturated heterocycles. The van der Waals surface area contributed by atoms with Crippen molar-refractivity contribution in [3.8, 4) is 0 Å². The van der Waals surface area contributed by atoms with Crippen LogP contribution in [-0.4, -0.2) is 39.5 Å². The molecule has 0 unspecified atom stereocenters. The highest BCUT2D eigenvalue weighted by molar-refractivity contribution is 5.99. The fourth-order valence-corrected chi connectivity index (χ4v) is 2.76. The van der Waals surface area contributed by atoms with Crippen LogP contribution in [0.3, 0.4) is 0 Å². The van der Waals surface area contributed by atoms with Crippen LogP contribution in [0.4, 0.5) is 4.39 Å². The summed E-state index contributed by atoms with van der Waals surface area (Å²) in [7, 11) is 0. The standard InChI is InChI=1S/C18H19FN2O3/c1-10(18(23)24)9-21(14-5-6-14)17(22)15-7-12-3-4-13(19)8-16(12)20-11(15)2/h3-4,7-8,10,14H,5-6,9H2,1-2H3,(H,23,24)/t10-/m0/s1. The highest BCUT2D eigenvalue weighted by Crippen LogP contribution is 2.30. The Balaban J connectivity index is 1.95. The number of fused-ring (bicyclic) bond motifs is 1. The summed E-state index contributed by atoms with van der Waals surface area (Å²) in [6, 6.07) is 6.07. The molecule has 5 nitrogen and oxygen atoms in total. The van der Waals surface area contributed by atoms with E-state index in [0.29, 0.717) is 22.2 Å². The van der Waals surface area contributed by atoms with E-state index >= 15 is 0 Å². The molecule has 0 radical (unpaired) electrons. The third kappa shape index (κ3) is 3.22. The van der Waals surface area contributed by atoms with Crippen molar-refractivity contribution in [1.29, 1.82) is 0 Å². The van der Waals surface area contributed by atoms with Gasteiger partial charge < -0.3 is 10.0 Å². The fraction of sp³-hybridized carbons (Fsp3) is 0.389. The van der Waals surface area contributed by atoms with Crippen molar-refractivity contribution >= 4 is 22.8 Å². The molecule has 1 amide bonds. The molecular formula is C18H19FN2O3. The summed E-state index contributed by atoms with van der Waals surface area (Å²) in [6.07, 6.45) is 1.78. The average Bonchev–Trinajstić information content (AvgIpc) is 3.35. The Hall–Kier alpha value is -2.50. The number of carboxylic acids is 1. The van der Waals surface area contributed by atoms with Crippen molar-refractivity contribution in [2.24, 2.45) is 5.92 Å². The second-order valence-electron chi connectivity index (χ2n) is 6.39. The number of nitrogens with zero attached hydrogens (tertiary/aromatic N) is 2. The third-order valence-corrected chi connectivity index (χ3v) is 4.34. The van der Waals surface area contributed by atoms with Crippen molar-refractivity contribution < 1.29 is 19.1 Å². The summed E-state index contributed by atoms with van der Waals surface area (Å²) in [6.45, 7) is 3.49. The van der Waals surface area contributed by atoms with Gasteiger partial charge in [0.15, 0.2) is 0 Å². The predicted molar refractivity (Wildman–Crippen MR) is 87.3 cm³/mol. The zero-order valence-corrected chi connectivity index (χ0v) is 13.6. The lowest BCUT2D eigenvalue weighted by Gasteiger charge is -2.25. The zero-order chi connectivity index (χ0) is 17.4. The molecule has 3 rings (SSSR count). The zero-order valence-electron chi connectivity index (χ0n) is 13.6. The van der Waals surface area contributed by atoms with Crippen molar-refractivity contribution in [2.75, 3.05) is 6.54 Å². The van der Waals surface area contributed by atoms with Gasteiger partial charge in [-0.15, -0.1) is 0 Å². The predicted octanol–water partition coefficient (Wildman–Crippen LogP) is 3.01. The summed E-state index contributed by atoms with van der Waals surface area (Å²) in [5, 5.41) is 9.81. The number of halogens is 1. The summed E-state index contributed by atoms with van der Waals surface area (Å²) in [5.41, 5.74) is 1.46. The lowest BCUT2D eigenvalue weighted by molar-refractivity contribution is -0.141. The van der Waals surface area contributed by atoms with E-state index < -0.39 is 11.9 Å². The Labute approximate surface area is 139 Å². The largest absolute Gasteiger partial charge is 0.481 e. The SMILES string of the molecule is Cc1nc2cc(F)ccc2cc1C(=O)N(C[C@H](C)C(=O)O)C1CC1. The summed E-state index contributed by atoms with van der Waals surface area (Å²) < 4.78 is 13.3.